The van der Waals surface area contributed by atoms with Crippen LogP contribution in [-0.4, -0.2) is 27.5 Å². The van der Waals surface area contributed by atoms with Crippen LogP contribution in [0.1, 0.15) is 50.3 Å². The fraction of sp³-hybridized carbons (Fsp3) is 0.714. The number of nitrogens with zero attached hydrogens (tertiary/aromatic N) is 2. The summed E-state index contributed by atoms with van der Waals surface area (Å²) in [4.78, 5) is 8.96. The number of rotatable bonds is 4. The lowest BCUT2D eigenvalue weighted by atomic mass is 9.95. The first kappa shape index (κ1) is 13.0. The third-order valence-electron chi connectivity index (χ3n) is 4.07. The molecule has 0 spiro atoms. The first-order chi connectivity index (χ1) is 9.24. The molecule has 2 aliphatic rings. The third-order valence-corrected chi connectivity index (χ3v) is 5.20. The van der Waals surface area contributed by atoms with Gasteiger partial charge in [0, 0.05) is 23.3 Å². The average Bonchev–Trinajstić information content (AvgIpc) is 3.23. The Hall–Kier alpha value is -0.970. The summed E-state index contributed by atoms with van der Waals surface area (Å²) in [6, 6.07) is 2.41. The second kappa shape index (κ2) is 5.57. The summed E-state index contributed by atoms with van der Waals surface area (Å²) in [5, 5.41) is 4.39. The summed E-state index contributed by atoms with van der Waals surface area (Å²) < 4.78 is 0. The number of thioether (sulfide) groups is 1. The van der Waals surface area contributed by atoms with Gasteiger partial charge in [0.05, 0.1) is 0 Å². The Morgan fingerprint density at radius 1 is 1.16 bits per heavy atom. The van der Waals surface area contributed by atoms with E-state index in [2.05, 4.69) is 21.5 Å². The minimum Gasteiger partial charge on any atom is -0.384 e. The van der Waals surface area contributed by atoms with Crippen LogP contribution in [0.4, 0.5) is 11.6 Å². The van der Waals surface area contributed by atoms with Crippen LogP contribution in [0.2, 0.25) is 0 Å². The number of hydrogen-bond acceptors (Lipinski definition) is 5. The second-order valence-corrected chi connectivity index (χ2v) is 6.80. The second-order valence-electron chi connectivity index (χ2n) is 5.66. The summed E-state index contributed by atoms with van der Waals surface area (Å²) >= 11 is 2.00. The van der Waals surface area contributed by atoms with Gasteiger partial charge in [0.25, 0.3) is 0 Å². The largest absolute Gasteiger partial charge is 0.384 e. The molecule has 0 unspecified atom stereocenters. The van der Waals surface area contributed by atoms with Crippen LogP contribution >= 0.6 is 11.8 Å². The molecular formula is C14H22N4S. The monoisotopic (exact) mass is 278 g/mol. The molecule has 4 nitrogen and oxygen atoms in total. The minimum atomic E-state index is 0.546. The van der Waals surface area contributed by atoms with Crippen molar-refractivity contribution in [1.29, 1.82) is 0 Å². The van der Waals surface area contributed by atoms with Gasteiger partial charge in [-0.2, -0.15) is 11.8 Å². The van der Waals surface area contributed by atoms with Crippen LogP contribution in [0.15, 0.2) is 6.07 Å². The fourth-order valence-electron chi connectivity index (χ4n) is 2.74. The van der Waals surface area contributed by atoms with Gasteiger partial charge in [-0.25, -0.2) is 9.97 Å². The van der Waals surface area contributed by atoms with Crippen molar-refractivity contribution in [3.05, 3.63) is 11.9 Å². The molecule has 0 aromatic carbocycles. The van der Waals surface area contributed by atoms with Crippen LogP contribution in [0, 0.1) is 0 Å². The van der Waals surface area contributed by atoms with E-state index in [0.717, 1.165) is 16.9 Å². The summed E-state index contributed by atoms with van der Waals surface area (Å²) in [6.45, 7) is 0. The van der Waals surface area contributed by atoms with E-state index in [-0.39, 0.29) is 0 Å². The molecule has 0 atom stereocenters. The lowest BCUT2D eigenvalue weighted by molar-refractivity contribution is 0.472. The highest BCUT2D eigenvalue weighted by molar-refractivity contribution is 7.99. The van der Waals surface area contributed by atoms with Gasteiger partial charge in [-0.3, -0.25) is 0 Å². The zero-order valence-electron chi connectivity index (χ0n) is 11.4. The molecule has 1 aromatic heterocycles. The molecule has 1 heterocycles. The van der Waals surface area contributed by atoms with Crippen LogP contribution in [-0.2, 0) is 0 Å². The first-order valence-corrected chi connectivity index (χ1v) is 8.47. The van der Waals surface area contributed by atoms with Crippen molar-refractivity contribution in [2.45, 2.75) is 55.7 Å². The Kier molecular flexibility index (Phi) is 3.82. The quantitative estimate of drug-likeness (QED) is 0.886. The molecule has 1 aromatic rings. The predicted molar refractivity (Wildman–Crippen MR) is 81.6 cm³/mol. The third kappa shape index (κ3) is 3.32. The van der Waals surface area contributed by atoms with Crippen LogP contribution in [0.25, 0.3) is 0 Å². The van der Waals surface area contributed by atoms with Crippen LogP contribution in [0.3, 0.4) is 0 Å². The molecule has 19 heavy (non-hydrogen) atoms. The fourth-order valence-corrected chi connectivity index (χ4v) is 3.48. The number of anilines is 2. The predicted octanol–water partition coefficient (Wildman–Crippen LogP) is 3.02. The number of nitrogen functional groups attached to an aromatic ring is 1. The van der Waals surface area contributed by atoms with E-state index >= 15 is 0 Å². The van der Waals surface area contributed by atoms with Crippen LogP contribution < -0.4 is 11.1 Å². The van der Waals surface area contributed by atoms with Crippen LogP contribution in [0.5, 0.6) is 0 Å². The highest BCUT2D eigenvalue weighted by Gasteiger charge is 2.27. The van der Waals surface area contributed by atoms with E-state index < -0.39 is 0 Å². The van der Waals surface area contributed by atoms with Crippen molar-refractivity contribution in [3.63, 3.8) is 0 Å². The Bertz CT molecular complexity index is 439. The maximum atomic E-state index is 5.88. The van der Waals surface area contributed by atoms with E-state index in [1.807, 2.05) is 17.8 Å². The maximum Gasteiger partial charge on any atom is 0.136 e. The number of hydrogen-bond donors (Lipinski definition) is 2. The zero-order valence-corrected chi connectivity index (χ0v) is 12.2. The first-order valence-electron chi connectivity index (χ1n) is 7.18. The molecule has 5 heteroatoms. The van der Waals surface area contributed by atoms with Gasteiger partial charge < -0.3 is 11.1 Å². The van der Waals surface area contributed by atoms with Gasteiger partial charge in [0.2, 0.25) is 0 Å². The highest BCUT2D eigenvalue weighted by atomic mass is 32.2. The van der Waals surface area contributed by atoms with E-state index in [1.165, 1.54) is 38.5 Å². The van der Waals surface area contributed by atoms with E-state index in [4.69, 9.17) is 5.73 Å². The Morgan fingerprint density at radius 2 is 1.89 bits per heavy atom. The minimum absolute atomic E-state index is 0.546. The van der Waals surface area contributed by atoms with Crippen molar-refractivity contribution in [2.24, 2.45) is 0 Å². The van der Waals surface area contributed by atoms with Crippen molar-refractivity contribution < 1.29 is 0 Å². The topological polar surface area (TPSA) is 63.8 Å². The van der Waals surface area contributed by atoms with Gasteiger partial charge in [-0.1, -0.05) is 0 Å². The number of nitrogens with two attached hydrogens (primary N) is 1. The maximum absolute atomic E-state index is 5.88. The summed E-state index contributed by atoms with van der Waals surface area (Å²) in [5.41, 5.74) is 5.88. The Morgan fingerprint density at radius 3 is 2.53 bits per heavy atom. The lowest BCUT2D eigenvalue weighted by Gasteiger charge is -2.28. The summed E-state index contributed by atoms with van der Waals surface area (Å²) in [5.74, 6) is 3.00. The summed E-state index contributed by atoms with van der Waals surface area (Å²) in [7, 11) is 0. The molecule has 3 rings (SSSR count). The van der Waals surface area contributed by atoms with E-state index in [0.29, 0.717) is 17.8 Å². The zero-order chi connectivity index (χ0) is 13.2. The van der Waals surface area contributed by atoms with Gasteiger partial charge in [0.15, 0.2) is 0 Å². The normalized spacial score (nSPS) is 27.2. The molecule has 0 aliphatic heterocycles. The van der Waals surface area contributed by atoms with Gasteiger partial charge in [-0.15, -0.1) is 0 Å². The summed E-state index contributed by atoms with van der Waals surface area (Å²) in [6.07, 6.45) is 9.70. The highest BCUT2D eigenvalue weighted by Crippen LogP contribution is 2.38. The van der Waals surface area contributed by atoms with Crippen molar-refractivity contribution in [1.82, 2.24) is 9.97 Å². The Balaban J connectivity index is 1.63. The molecular weight excluding hydrogens is 256 g/mol. The van der Waals surface area contributed by atoms with Crippen molar-refractivity contribution >= 4 is 23.4 Å². The van der Waals surface area contributed by atoms with Gasteiger partial charge >= 0.3 is 0 Å². The molecule has 0 bridgehead atoms. The molecule has 2 fully saturated rings. The van der Waals surface area contributed by atoms with Crippen molar-refractivity contribution in [2.75, 3.05) is 17.3 Å². The Labute approximate surface area is 119 Å². The molecule has 2 saturated carbocycles. The molecule has 3 N–H and O–H groups in total. The van der Waals surface area contributed by atoms with E-state index in [9.17, 15) is 0 Å². The molecule has 104 valence electrons. The molecule has 2 aliphatic carbocycles. The molecule has 0 saturated heterocycles. The molecule has 0 radical (unpaired) electrons. The van der Waals surface area contributed by atoms with Crippen molar-refractivity contribution in [3.8, 4) is 0 Å². The van der Waals surface area contributed by atoms with Gasteiger partial charge in [0.1, 0.15) is 17.5 Å². The standard InChI is InChI=1S/C14H22N4S/c1-19-11-6-4-10(5-7-11)16-13-8-12(15)17-14(18-13)9-2-3-9/h8-11H,2-7H2,1H3,(H3,15,16,17,18). The van der Waals surface area contributed by atoms with Gasteiger partial charge in [-0.05, 0) is 44.8 Å². The smallest absolute Gasteiger partial charge is 0.136 e. The average molecular weight is 278 g/mol. The van der Waals surface area contributed by atoms with E-state index in [1.54, 1.807) is 0 Å². The molecule has 0 amide bonds. The lowest BCUT2D eigenvalue weighted by Crippen LogP contribution is -2.27. The number of nitrogens with one attached hydrogen (secondary N) is 1. The SMILES string of the molecule is CSC1CCC(Nc2cc(N)nc(C3CC3)n2)CC1. The number of aromatic nitrogens is 2.